The van der Waals surface area contributed by atoms with E-state index in [1.807, 2.05) is 0 Å². The Kier molecular flexibility index (Phi) is 4.52. The Labute approximate surface area is 131 Å². The molecule has 1 aliphatic carbocycles. The number of sulfonamides is 1. The van der Waals surface area contributed by atoms with Crippen LogP contribution in [0.1, 0.15) is 31.2 Å². The van der Waals surface area contributed by atoms with Gasteiger partial charge in [-0.15, -0.1) is 0 Å². The molecule has 1 N–H and O–H groups in total. The predicted octanol–water partition coefficient (Wildman–Crippen LogP) is 2.29. The summed E-state index contributed by atoms with van der Waals surface area (Å²) in [4.78, 5) is -0.197. The topological polar surface area (TPSA) is 49.4 Å². The van der Waals surface area contributed by atoms with Gasteiger partial charge in [-0.25, -0.2) is 12.8 Å². The number of halogens is 1. The summed E-state index contributed by atoms with van der Waals surface area (Å²) in [5, 5.41) is 3.52. The average Bonchev–Trinajstić information content (AvgIpc) is 3.32. The molecule has 1 saturated heterocycles. The van der Waals surface area contributed by atoms with Crippen molar-refractivity contribution in [3.63, 3.8) is 0 Å². The van der Waals surface area contributed by atoms with Crippen LogP contribution in [0, 0.1) is 18.7 Å². The highest BCUT2D eigenvalue weighted by atomic mass is 32.2. The second kappa shape index (κ2) is 6.26. The molecule has 0 unspecified atom stereocenters. The molecular weight excluding hydrogens is 303 g/mol. The van der Waals surface area contributed by atoms with Crippen LogP contribution in [0.2, 0.25) is 0 Å². The number of piperidine rings is 1. The van der Waals surface area contributed by atoms with Crippen LogP contribution in [0.15, 0.2) is 23.1 Å². The molecule has 2 fully saturated rings. The van der Waals surface area contributed by atoms with Crippen LogP contribution in [-0.4, -0.2) is 38.4 Å². The van der Waals surface area contributed by atoms with E-state index in [1.54, 1.807) is 19.1 Å². The Morgan fingerprint density at radius 1 is 1.23 bits per heavy atom. The second-order valence-electron chi connectivity index (χ2n) is 6.42. The van der Waals surface area contributed by atoms with Crippen LogP contribution in [0.25, 0.3) is 0 Å². The van der Waals surface area contributed by atoms with E-state index < -0.39 is 15.8 Å². The third-order valence-electron chi connectivity index (χ3n) is 4.62. The van der Waals surface area contributed by atoms with Gasteiger partial charge in [0, 0.05) is 19.1 Å². The fourth-order valence-electron chi connectivity index (χ4n) is 2.91. The lowest BCUT2D eigenvalue weighted by molar-refractivity contribution is 0.287. The van der Waals surface area contributed by atoms with Gasteiger partial charge < -0.3 is 5.32 Å². The van der Waals surface area contributed by atoms with Crippen molar-refractivity contribution in [2.75, 3.05) is 19.6 Å². The van der Waals surface area contributed by atoms with Crippen molar-refractivity contribution in [1.82, 2.24) is 9.62 Å². The molecule has 0 bridgehead atoms. The van der Waals surface area contributed by atoms with E-state index in [-0.39, 0.29) is 4.90 Å². The Bertz CT molecular complexity index is 636. The number of hydrogen-bond acceptors (Lipinski definition) is 3. The van der Waals surface area contributed by atoms with Gasteiger partial charge in [0.2, 0.25) is 10.0 Å². The fourth-order valence-corrected chi connectivity index (χ4v) is 4.52. The Morgan fingerprint density at radius 3 is 2.55 bits per heavy atom. The maximum absolute atomic E-state index is 14.1. The minimum Gasteiger partial charge on any atom is -0.314 e. The molecule has 1 heterocycles. The first-order chi connectivity index (χ1) is 10.5. The van der Waals surface area contributed by atoms with Crippen molar-refractivity contribution in [3.05, 3.63) is 29.6 Å². The van der Waals surface area contributed by atoms with Crippen molar-refractivity contribution in [3.8, 4) is 0 Å². The molecule has 122 valence electrons. The average molecular weight is 326 g/mol. The summed E-state index contributed by atoms with van der Waals surface area (Å²) < 4.78 is 40.8. The molecule has 0 atom stereocenters. The van der Waals surface area contributed by atoms with Gasteiger partial charge in [-0.2, -0.15) is 4.31 Å². The van der Waals surface area contributed by atoms with Crippen LogP contribution in [-0.2, 0) is 10.0 Å². The number of benzene rings is 1. The van der Waals surface area contributed by atoms with Crippen LogP contribution >= 0.6 is 0 Å². The van der Waals surface area contributed by atoms with Crippen molar-refractivity contribution in [2.45, 2.75) is 43.5 Å². The van der Waals surface area contributed by atoms with E-state index in [0.29, 0.717) is 24.7 Å². The minimum atomic E-state index is -3.73. The SMILES string of the molecule is Cc1cccc(S(=O)(=O)N2CCC(NCC3CC3)CC2)c1F. The molecule has 22 heavy (non-hydrogen) atoms. The monoisotopic (exact) mass is 326 g/mol. The standard InChI is InChI=1S/C16H23FN2O2S/c1-12-3-2-4-15(16(12)17)22(20,21)19-9-7-14(8-10-19)18-11-13-5-6-13/h2-4,13-14,18H,5-11H2,1H3. The number of nitrogens with zero attached hydrogens (tertiary/aromatic N) is 1. The summed E-state index contributed by atoms with van der Waals surface area (Å²) in [5.74, 6) is 0.194. The quantitative estimate of drug-likeness (QED) is 0.903. The van der Waals surface area contributed by atoms with Gasteiger partial charge in [0.25, 0.3) is 0 Å². The molecule has 0 amide bonds. The molecule has 1 aromatic carbocycles. The van der Waals surface area contributed by atoms with Crippen LogP contribution in [0.5, 0.6) is 0 Å². The van der Waals surface area contributed by atoms with Gasteiger partial charge >= 0.3 is 0 Å². The third kappa shape index (κ3) is 3.34. The van der Waals surface area contributed by atoms with Gasteiger partial charge in [-0.3, -0.25) is 0 Å². The first-order valence-corrected chi connectivity index (χ1v) is 9.41. The number of aryl methyl sites for hydroxylation is 1. The van der Waals surface area contributed by atoms with Gasteiger partial charge in [-0.05, 0) is 56.7 Å². The molecule has 3 rings (SSSR count). The number of hydrogen-bond donors (Lipinski definition) is 1. The highest BCUT2D eigenvalue weighted by molar-refractivity contribution is 7.89. The first-order valence-electron chi connectivity index (χ1n) is 7.97. The summed E-state index contributed by atoms with van der Waals surface area (Å²) in [6.45, 7) is 3.54. The van der Waals surface area contributed by atoms with Crippen molar-refractivity contribution in [1.29, 1.82) is 0 Å². The van der Waals surface area contributed by atoms with E-state index >= 15 is 0 Å². The molecule has 1 aliphatic heterocycles. The van der Waals surface area contributed by atoms with Crippen LogP contribution in [0.3, 0.4) is 0 Å². The van der Waals surface area contributed by atoms with Crippen molar-refractivity contribution in [2.24, 2.45) is 5.92 Å². The zero-order chi connectivity index (χ0) is 15.7. The van der Waals surface area contributed by atoms with Gasteiger partial charge in [-0.1, -0.05) is 12.1 Å². The molecule has 1 aromatic rings. The van der Waals surface area contributed by atoms with E-state index in [4.69, 9.17) is 0 Å². The van der Waals surface area contributed by atoms with Gasteiger partial charge in [0.1, 0.15) is 10.7 Å². The molecular formula is C16H23FN2O2S. The van der Waals surface area contributed by atoms with Crippen LogP contribution < -0.4 is 5.32 Å². The molecule has 2 aliphatic rings. The van der Waals surface area contributed by atoms with Crippen molar-refractivity contribution >= 4 is 10.0 Å². The minimum absolute atomic E-state index is 0.197. The molecule has 1 saturated carbocycles. The summed E-state index contributed by atoms with van der Waals surface area (Å²) in [6, 6.07) is 4.92. The molecule has 6 heteroatoms. The lowest BCUT2D eigenvalue weighted by Crippen LogP contribution is -2.45. The summed E-state index contributed by atoms with van der Waals surface area (Å²) in [5.41, 5.74) is 0.363. The highest BCUT2D eigenvalue weighted by Gasteiger charge is 2.32. The first kappa shape index (κ1) is 15.9. The fraction of sp³-hybridized carbons (Fsp3) is 0.625. The number of rotatable bonds is 5. The van der Waals surface area contributed by atoms with E-state index in [2.05, 4.69) is 5.32 Å². The van der Waals surface area contributed by atoms with Gasteiger partial charge in [0.05, 0.1) is 0 Å². The second-order valence-corrected chi connectivity index (χ2v) is 8.32. The zero-order valence-electron chi connectivity index (χ0n) is 12.9. The summed E-state index contributed by atoms with van der Waals surface area (Å²) in [7, 11) is -3.73. The molecule has 0 aromatic heterocycles. The molecule has 0 spiro atoms. The molecule has 0 radical (unpaired) electrons. The van der Waals surface area contributed by atoms with Crippen molar-refractivity contribution < 1.29 is 12.8 Å². The maximum Gasteiger partial charge on any atom is 0.245 e. The summed E-state index contributed by atoms with van der Waals surface area (Å²) in [6.07, 6.45) is 4.21. The Hall–Kier alpha value is -0.980. The Balaban J connectivity index is 1.65. The maximum atomic E-state index is 14.1. The lowest BCUT2D eigenvalue weighted by Gasteiger charge is -2.32. The van der Waals surface area contributed by atoms with Gasteiger partial charge in [0.15, 0.2) is 0 Å². The predicted molar refractivity (Wildman–Crippen MR) is 83.6 cm³/mol. The van der Waals surface area contributed by atoms with E-state index in [9.17, 15) is 12.8 Å². The normalized spacial score (nSPS) is 21.2. The largest absolute Gasteiger partial charge is 0.314 e. The Morgan fingerprint density at radius 2 is 1.91 bits per heavy atom. The smallest absolute Gasteiger partial charge is 0.245 e. The lowest BCUT2D eigenvalue weighted by atomic mass is 10.1. The van der Waals surface area contributed by atoms with Crippen LogP contribution in [0.4, 0.5) is 4.39 Å². The van der Waals surface area contributed by atoms with E-state index in [0.717, 1.165) is 25.3 Å². The highest BCUT2D eigenvalue weighted by Crippen LogP contribution is 2.29. The third-order valence-corrected chi connectivity index (χ3v) is 6.54. The summed E-state index contributed by atoms with van der Waals surface area (Å²) >= 11 is 0. The molecule has 4 nitrogen and oxygen atoms in total. The van der Waals surface area contributed by atoms with E-state index in [1.165, 1.54) is 23.2 Å². The zero-order valence-corrected chi connectivity index (χ0v) is 13.7. The number of nitrogens with one attached hydrogen (secondary N) is 1.